The van der Waals surface area contributed by atoms with Crippen LogP contribution in [0.25, 0.3) is 0 Å². The van der Waals surface area contributed by atoms with E-state index in [1.807, 2.05) is 0 Å². The Morgan fingerprint density at radius 2 is 1.66 bits per heavy atom. The summed E-state index contributed by atoms with van der Waals surface area (Å²) in [6, 6.07) is 16.8. The number of hydrogen-bond acceptors (Lipinski definition) is 7. The largest absolute Gasteiger partial charge is 0.497 e. The fourth-order valence-corrected chi connectivity index (χ4v) is 5.74. The van der Waals surface area contributed by atoms with Crippen LogP contribution in [-0.4, -0.2) is 49.8 Å². The molecule has 13 heteroatoms. The van der Waals surface area contributed by atoms with Gasteiger partial charge in [0.15, 0.2) is 0 Å². The van der Waals surface area contributed by atoms with E-state index in [2.05, 4.69) is 10.0 Å². The van der Waals surface area contributed by atoms with Gasteiger partial charge in [0.05, 0.1) is 36.7 Å². The zero-order valence-corrected chi connectivity index (χ0v) is 23.4. The first kappa shape index (κ1) is 29.1. The molecule has 0 saturated heterocycles. The van der Waals surface area contributed by atoms with Crippen LogP contribution in [0.2, 0.25) is 5.02 Å². The van der Waals surface area contributed by atoms with Gasteiger partial charge in [0.25, 0.3) is 10.0 Å². The molecule has 0 aliphatic heterocycles. The topological polar surface area (TPSA) is 131 Å². The monoisotopic (exact) mass is 581 g/mol. The molecule has 38 heavy (non-hydrogen) atoms. The average molecular weight is 582 g/mol. The van der Waals surface area contributed by atoms with E-state index in [-0.39, 0.29) is 35.9 Å². The van der Waals surface area contributed by atoms with Gasteiger partial charge in [-0.15, -0.1) is 0 Å². The molecule has 0 aromatic heterocycles. The molecule has 0 spiro atoms. The number of sulfonamides is 2. The van der Waals surface area contributed by atoms with Crippen molar-refractivity contribution < 1.29 is 31.1 Å². The molecule has 204 valence electrons. The summed E-state index contributed by atoms with van der Waals surface area (Å²) in [6.07, 6.45) is 1.39. The van der Waals surface area contributed by atoms with Gasteiger partial charge in [0, 0.05) is 29.7 Å². The maximum atomic E-state index is 12.8. The van der Waals surface area contributed by atoms with Crippen LogP contribution in [0, 0.1) is 0 Å². The fourth-order valence-electron chi connectivity index (χ4n) is 3.53. The molecule has 0 atom stereocenters. The number of anilines is 3. The quantitative estimate of drug-likeness (QED) is 0.325. The van der Waals surface area contributed by atoms with Crippen LogP contribution < -0.4 is 23.8 Å². The SMILES string of the molecule is COc1ccc(NS(=O)(=O)c2ccc(NC(=O)CCCN(c3cccc(Cl)c3)S(C)(=O)=O)cc2)c(OC)c1. The molecule has 10 nitrogen and oxygen atoms in total. The van der Waals surface area contributed by atoms with Gasteiger partial charge in [-0.3, -0.25) is 13.8 Å². The normalized spacial score (nSPS) is 11.5. The summed E-state index contributed by atoms with van der Waals surface area (Å²) < 4.78 is 64.1. The van der Waals surface area contributed by atoms with E-state index in [1.165, 1.54) is 54.9 Å². The third-order valence-electron chi connectivity index (χ3n) is 5.36. The van der Waals surface area contributed by atoms with Crippen molar-refractivity contribution in [3.8, 4) is 11.5 Å². The number of hydrogen-bond donors (Lipinski definition) is 2. The molecule has 3 aromatic carbocycles. The van der Waals surface area contributed by atoms with E-state index in [1.54, 1.807) is 30.3 Å². The van der Waals surface area contributed by atoms with Crippen molar-refractivity contribution in [2.45, 2.75) is 17.7 Å². The van der Waals surface area contributed by atoms with E-state index >= 15 is 0 Å². The smallest absolute Gasteiger partial charge is 0.262 e. The van der Waals surface area contributed by atoms with Gasteiger partial charge in [-0.25, -0.2) is 16.8 Å². The van der Waals surface area contributed by atoms with E-state index in [0.29, 0.717) is 27.9 Å². The second-order valence-corrected chi connectivity index (χ2v) is 12.2. The summed E-state index contributed by atoms with van der Waals surface area (Å²) in [7, 11) is -4.60. The number of rotatable bonds is 12. The van der Waals surface area contributed by atoms with Gasteiger partial charge >= 0.3 is 0 Å². The number of ether oxygens (including phenoxy) is 2. The Balaban J connectivity index is 1.60. The maximum Gasteiger partial charge on any atom is 0.262 e. The third-order valence-corrected chi connectivity index (χ3v) is 8.17. The van der Waals surface area contributed by atoms with E-state index in [0.717, 1.165) is 6.26 Å². The molecule has 1 amide bonds. The lowest BCUT2D eigenvalue weighted by molar-refractivity contribution is -0.116. The van der Waals surface area contributed by atoms with E-state index in [4.69, 9.17) is 21.1 Å². The van der Waals surface area contributed by atoms with Crippen molar-refractivity contribution in [1.29, 1.82) is 0 Å². The molecule has 0 aliphatic rings. The number of amides is 1. The van der Waals surface area contributed by atoms with Crippen LogP contribution in [0.5, 0.6) is 11.5 Å². The predicted octanol–water partition coefficient (Wildman–Crippen LogP) is 4.34. The average Bonchev–Trinajstić information content (AvgIpc) is 2.86. The summed E-state index contributed by atoms with van der Waals surface area (Å²) in [5.41, 5.74) is 1.05. The Hall–Kier alpha value is -3.48. The lowest BCUT2D eigenvalue weighted by Crippen LogP contribution is -2.31. The summed E-state index contributed by atoms with van der Waals surface area (Å²) >= 11 is 5.98. The Morgan fingerprint density at radius 3 is 2.26 bits per heavy atom. The van der Waals surface area contributed by atoms with Crippen LogP contribution in [0.4, 0.5) is 17.1 Å². The summed E-state index contributed by atoms with van der Waals surface area (Å²) in [6.45, 7) is 0.0876. The lowest BCUT2D eigenvalue weighted by Gasteiger charge is -2.22. The minimum Gasteiger partial charge on any atom is -0.497 e. The lowest BCUT2D eigenvalue weighted by atomic mass is 10.2. The standard InChI is InChI=1S/C25H28ClN3O7S2/c1-35-21-11-14-23(24(17-21)36-2)28-38(33,34)22-12-9-19(10-13-22)27-25(30)8-5-15-29(37(3,31)32)20-7-4-6-18(26)16-20/h4,6-7,9-14,16-17,28H,5,8,15H2,1-3H3,(H,27,30). The Kier molecular flexibility index (Phi) is 9.47. The maximum absolute atomic E-state index is 12.8. The van der Waals surface area contributed by atoms with Crippen molar-refractivity contribution in [3.05, 3.63) is 71.8 Å². The van der Waals surface area contributed by atoms with Crippen molar-refractivity contribution in [3.63, 3.8) is 0 Å². The summed E-state index contributed by atoms with van der Waals surface area (Å²) in [5.74, 6) is 0.459. The zero-order chi connectivity index (χ0) is 27.9. The molecule has 0 bridgehead atoms. The van der Waals surface area contributed by atoms with Crippen molar-refractivity contribution in [2.24, 2.45) is 0 Å². The van der Waals surface area contributed by atoms with Gasteiger partial charge in [0.2, 0.25) is 15.9 Å². The fraction of sp³-hybridized carbons (Fsp3) is 0.240. The first-order chi connectivity index (χ1) is 17.9. The first-order valence-electron chi connectivity index (χ1n) is 11.3. The van der Waals surface area contributed by atoms with Gasteiger partial charge < -0.3 is 14.8 Å². The van der Waals surface area contributed by atoms with Gasteiger partial charge in [0.1, 0.15) is 11.5 Å². The number of methoxy groups -OCH3 is 2. The highest BCUT2D eigenvalue weighted by molar-refractivity contribution is 7.92. The number of nitrogens with zero attached hydrogens (tertiary/aromatic N) is 1. The highest BCUT2D eigenvalue weighted by atomic mass is 35.5. The Labute approximate surface area is 227 Å². The molecule has 0 unspecified atom stereocenters. The van der Waals surface area contributed by atoms with E-state index < -0.39 is 20.0 Å². The van der Waals surface area contributed by atoms with Gasteiger partial charge in [-0.1, -0.05) is 17.7 Å². The predicted molar refractivity (Wildman–Crippen MR) is 148 cm³/mol. The molecule has 0 fully saturated rings. The molecule has 0 saturated carbocycles. The van der Waals surface area contributed by atoms with Crippen molar-refractivity contribution >= 4 is 54.6 Å². The van der Waals surface area contributed by atoms with Crippen LogP contribution >= 0.6 is 11.6 Å². The summed E-state index contributed by atoms with van der Waals surface area (Å²) in [4.78, 5) is 12.4. The first-order valence-corrected chi connectivity index (χ1v) is 15.0. The molecule has 0 radical (unpaired) electrons. The minimum atomic E-state index is -3.93. The van der Waals surface area contributed by atoms with Gasteiger partial charge in [-0.05, 0) is 61.0 Å². The Morgan fingerprint density at radius 1 is 0.947 bits per heavy atom. The highest BCUT2D eigenvalue weighted by Crippen LogP contribution is 2.31. The Bertz CT molecular complexity index is 1500. The molecule has 2 N–H and O–H groups in total. The number of carbonyl (C=O) groups excluding carboxylic acids is 1. The highest BCUT2D eigenvalue weighted by Gasteiger charge is 2.19. The zero-order valence-electron chi connectivity index (χ0n) is 21.0. The second kappa shape index (κ2) is 12.4. The van der Waals surface area contributed by atoms with Crippen LogP contribution in [0.3, 0.4) is 0 Å². The molecule has 3 rings (SSSR count). The van der Waals surface area contributed by atoms with E-state index in [9.17, 15) is 21.6 Å². The third kappa shape index (κ3) is 7.76. The number of carbonyl (C=O) groups is 1. The molecule has 0 aliphatic carbocycles. The number of nitrogens with one attached hydrogen (secondary N) is 2. The molecular weight excluding hydrogens is 554 g/mol. The van der Waals surface area contributed by atoms with Crippen molar-refractivity contribution in [1.82, 2.24) is 0 Å². The van der Waals surface area contributed by atoms with Crippen LogP contribution in [0.15, 0.2) is 71.6 Å². The van der Waals surface area contributed by atoms with Crippen LogP contribution in [-0.2, 0) is 24.8 Å². The molecule has 3 aromatic rings. The van der Waals surface area contributed by atoms with Crippen LogP contribution in [0.1, 0.15) is 12.8 Å². The van der Waals surface area contributed by atoms with Gasteiger partial charge in [-0.2, -0.15) is 0 Å². The summed E-state index contributed by atoms with van der Waals surface area (Å²) in [5, 5.41) is 3.09. The molecule has 0 heterocycles. The molecular formula is C25H28ClN3O7S2. The second-order valence-electron chi connectivity index (χ2n) is 8.16. The van der Waals surface area contributed by atoms with Crippen molar-refractivity contribution in [2.75, 3.05) is 41.4 Å². The number of halogens is 1. The minimum absolute atomic E-state index is 0.0151. The number of benzene rings is 3.